The van der Waals surface area contributed by atoms with Crippen molar-refractivity contribution in [3.8, 4) is 0 Å². The summed E-state index contributed by atoms with van der Waals surface area (Å²) in [6.45, 7) is 1.31. The highest BCUT2D eigenvalue weighted by atomic mass is 16.5. The van der Waals surface area contributed by atoms with Gasteiger partial charge in [-0.15, -0.1) is 0 Å². The maximum Gasteiger partial charge on any atom is 0.251 e. The quantitative estimate of drug-likeness (QED) is 0.931. The fourth-order valence-electron chi connectivity index (χ4n) is 4.14. The van der Waals surface area contributed by atoms with E-state index in [1.54, 1.807) is 6.20 Å². The van der Waals surface area contributed by atoms with Gasteiger partial charge in [0.25, 0.3) is 5.91 Å². The average Bonchev–Trinajstić information content (AvgIpc) is 3.26. The molecule has 1 N–H and O–H groups in total. The van der Waals surface area contributed by atoms with Gasteiger partial charge in [0.15, 0.2) is 0 Å². The van der Waals surface area contributed by atoms with E-state index in [0.717, 1.165) is 24.8 Å². The summed E-state index contributed by atoms with van der Waals surface area (Å²) in [6.07, 6.45) is 10.7. The zero-order valence-electron chi connectivity index (χ0n) is 14.5. The van der Waals surface area contributed by atoms with Crippen LogP contribution in [0.5, 0.6) is 0 Å². The molecule has 1 aliphatic carbocycles. The highest BCUT2D eigenvalue weighted by Crippen LogP contribution is 2.39. The minimum absolute atomic E-state index is 0.0104. The van der Waals surface area contributed by atoms with Crippen molar-refractivity contribution in [2.24, 2.45) is 0 Å². The van der Waals surface area contributed by atoms with Crippen molar-refractivity contribution in [2.75, 3.05) is 6.61 Å². The van der Waals surface area contributed by atoms with E-state index >= 15 is 0 Å². The van der Waals surface area contributed by atoms with Crippen LogP contribution in [-0.2, 0) is 11.3 Å². The zero-order chi connectivity index (χ0) is 17.1. The molecule has 1 saturated carbocycles. The summed E-state index contributed by atoms with van der Waals surface area (Å²) in [6, 6.07) is 9.80. The third kappa shape index (κ3) is 3.76. The van der Waals surface area contributed by atoms with Gasteiger partial charge in [0.2, 0.25) is 0 Å². The number of benzene rings is 1. The highest BCUT2D eigenvalue weighted by Gasteiger charge is 2.41. The fourth-order valence-corrected chi connectivity index (χ4v) is 4.14. The molecule has 1 saturated heterocycles. The molecule has 0 bridgehead atoms. The van der Waals surface area contributed by atoms with E-state index < -0.39 is 0 Å². The van der Waals surface area contributed by atoms with E-state index in [2.05, 4.69) is 10.4 Å². The molecule has 1 spiro atoms. The summed E-state index contributed by atoms with van der Waals surface area (Å²) in [5, 5.41) is 7.38. The third-order valence-corrected chi connectivity index (χ3v) is 5.40. The summed E-state index contributed by atoms with van der Waals surface area (Å²) in [7, 11) is 0. The number of nitrogens with zero attached hydrogens (tertiary/aromatic N) is 2. The third-order valence-electron chi connectivity index (χ3n) is 5.40. The standard InChI is InChI=1S/C20H25N3O2/c24-19(22-18-13-20(25-15-18)8-2-1-3-9-20)17-7-4-6-16(12-17)14-23-11-5-10-21-23/h4-7,10-12,18H,1-3,8-9,13-15H2,(H,22,24). The van der Waals surface area contributed by atoms with Crippen LogP contribution in [0.1, 0.15) is 54.4 Å². The number of nitrogens with one attached hydrogen (secondary N) is 1. The monoisotopic (exact) mass is 339 g/mol. The van der Waals surface area contributed by atoms with E-state index in [1.807, 2.05) is 41.2 Å². The Morgan fingerprint density at radius 2 is 2.16 bits per heavy atom. The average molecular weight is 339 g/mol. The number of ether oxygens (including phenoxy) is 1. The Hall–Kier alpha value is -2.14. The topological polar surface area (TPSA) is 56.1 Å². The van der Waals surface area contributed by atoms with Gasteiger partial charge in [0.1, 0.15) is 0 Å². The first-order valence-electron chi connectivity index (χ1n) is 9.24. The van der Waals surface area contributed by atoms with Crippen LogP contribution in [0.2, 0.25) is 0 Å². The number of carbonyl (C=O) groups is 1. The summed E-state index contributed by atoms with van der Waals surface area (Å²) in [4.78, 5) is 12.6. The number of carbonyl (C=O) groups excluding carboxylic acids is 1. The van der Waals surface area contributed by atoms with Crippen LogP contribution < -0.4 is 5.32 Å². The van der Waals surface area contributed by atoms with Gasteiger partial charge < -0.3 is 10.1 Å². The summed E-state index contributed by atoms with van der Waals surface area (Å²) in [5.74, 6) is -0.0104. The van der Waals surface area contributed by atoms with Gasteiger partial charge in [0.05, 0.1) is 24.8 Å². The van der Waals surface area contributed by atoms with Crippen LogP contribution in [0.25, 0.3) is 0 Å². The molecule has 1 amide bonds. The summed E-state index contributed by atoms with van der Waals surface area (Å²) >= 11 is 0. The second-order valence-corrected chi connectivity index (χ2v) is 7.33. The van der Waals surface area contributed by atoms with Crippen LogP contribution in [0.15, 0.2) is 42.7 Å². The molecule has 2 aliphatic rings. The molecule has 2 heterocycles. The predicted molar refractivity (Wildman–Crippen MR) is 95.4 cm³/mol. The normalized spacial score (nSPS) is 22.2. The lowest BCUT2D eigenvalue weighted by Crippen LogP contribution is -2.37. The van der Waals surface area contributed by atoms with Crippen molar-refractivity contribution in [2.45, 2.75) is 56.7 Å². The number of hydrogen-bond donors (Lipinski definition) is 1. The second kappa shape index (κ2) is 7.00. The van der Waals surface area contributed by atoms with Gasteiger partial charge in [-0.25, -0.2) is 0 Å². The fraction of sp³-hybridized carbons (Fsp3) is 0.500. The van der Waals surface area contributed by atoms with Crippen molar-refractivity contribution in [3.63, 3.8) is 0 Å². The van der Waals surface area contributed by atoms with Crippen molar-refractivity contribution >= 4 is 5.91 Å². The van der Waals surface area contributed by atoms with Crippen LogP contribution in [0.4, 0.5) is 0 Å². The molecular formula is C20H25N3O2. The molecule has 1 unspecified atom stereocenters. The Morgan fingerprint density at radius 1 is 1.28 bits per heavy atom. The molecule has 1 aliphatic heterocycles. The first-order valence-corrected chi connectivity index (χ1v) is 9.24. The smallest absolute Gasteiger partial charge is 0.251 e. The molecule has 25 heavy (non-hydrogen) atoms. The number of aromatic nitrogens is 2. The lowest BCUT2D eigenvalue weighted by molar-refractivity contribution is -0.0246. The lowest BCUT2D eigenvalue weighted by Gasteiger charge is -2.32. The molecule has 2 aromatic rings. The molecule has 2 fully saturated rings. The van der Waals surface area contributed by atoms with Crippen LogP contribution in [0.3, 0.4) is 0 Å². The highest BCUT2D eigenvalue weighted by molar-refractivity contribution is 5.94. The SMILES string of the molecule is O=C(NC1COC2(CCCCC2)C1)c1cccc(Cn2cccn2)c1. The van der Waals surface area contributed by atoms with Crippen molar-refractivity contribution in [1.82, 2.24) is 15.1 Å². The van der Waals surface area contributed by atoms with Crippen molar-refractivity contribution < 1.29 is 9.53 Å². The van der Waals surface area contributed by atoms with E-state index in [-0.39, 0.29) is 17.6 Å². The minimum Gasteiger partial charge on any atom is -0.373 e. The number of amides is 1. The van der Waals surface area contributed by atoms with Gasteiger partial charge in [-0.1, -0.05) is 31.4 Å². The van der Waals surface area contributed by atoms with Gasteiger partial charge in [-0.2, -0.15) is 5.10 Å². The van der Waals surface area contributed by atoms with Gasteiger partial charge >= 0.3 is 0 Å². The largest absolute Gasteiger partial charge is 0.373 e. The number of hydrogen-bond acceptors (Lipinski definition) is 3. The lowest BCUT2D eigenvalue weighted by atomic mass is 9.82. The minimum atomic E-state index is -0.0104. The Labute approximate surface area is 148 Å². The van der Waals surface area contributed by atoms with Gasteiger partial charge in [0, 0.05) is 18.0 Å². The molecule has 1 aromatic heterocycles. The van der Waals surface area contributed by atoms with Gasteiger partial charge in [-0.05, 0) is 43.0 Å². The van der Waals surface area contributed by atoms with E-state index in [0.29, 0.717) is 18.7 Å². The maximum absolute atomic E-state index is 12.6. The summed E-state index contributed by atoms with van der Waals surface area (Å²) < 4.78 is 7.95. The Bertz CT molecular complexity index is 720. The summed E-state index contributed by atoms with van der Waals surface area (Å²) in [5.41, 5.74) is 1.80. The first-order chi connectivity index (χ1) is 12.2. The van der Waals surface area contributed by atoms with Crippen LogP contribution in [-0.4, -0.2) is 33.9 Å². The van der Waals surface area contributed by atoms with Crippen LogP contribution in [0, 0.1) is 0 Å². The molecule has 5 nitrogen and oxygen atoms in total. The van der Waals surface area contributed by atoms with Crippen molar-refractivity contribution in [3.05, 3.63) is 53.9 Å². The molecule has 5 heteroatoms. The molecular weight excluding hydrogens is 314 g/mol. The predicted octanol–water partition coefficient (Wildman–Crippen LogP) is 3.15. The Balaban J connectivity index is 1.38. The molecule has 0 radical (unpaired) electrons. The molecule has 1 atom stereocenters. The van der Waals surface area contributed by atoms with E-state index in [4.69, 9.17) is 4.74 Å². The molecule has 132 valence electrons. The van der Waals surface area contributed by atoms with Gasteiger partial charge in [-0.3, -0.25) is 9.48 Å². The van der Waals surface area contributed by atoms with E-state index in [9.17, 15) is 4.79 Å². The Kier molecular flexibility index (Phi) is 4.57. The molecule has 1 aromatic carbocycles. The van der Waals surface area contributed by atoms with E-state index in [1.165, 1.54) is 19.3 Å². The van der Waals surface area contributed by atoms with Crippen molar-refractivity contribution in [1.29, 1.82) is 0 Å². The zero-order valence-corrected chi connectivity index (χ0v) is 14.5. The maximum atomic E-state index is 12.6. The molecule has 4 rings (SSSR count). The Morgan fingerprint density at radius 3 is 2.96 bits per heavy atom. The first kappa shape index (κ1) is 16.3. The van der Waals surface area contributed by atoms with Crippen LogP contribution >= 0.6 is 0 Å². The second-order valence-electron chi connectivity index (χ2n) is 7.33. The number of rotatable bonds is 4.